The number of nitrogens with one attached hydrogen (secondary N) is 2. The summed E-state index contributed by atoms with van der Waals surface area (Å²) in [4.78, 5) is 15.0. The van der Waals surface area contributed by atoms with Crippen LogP contribution in [-0.2, 0) is 19.4 Å². The van der Waals surface area contributed by atoms with Crippen LogP contribution < -0.4 is 34.3 Å². The van der Waals surface area contributed by atoms with E-state index in [1.54, 1.807) is 65.1 Å². The van der Waals surface area contributed by atoms with E-state index < -0.39 is 0 Å². The summed E-state index contributed by atoms with van der Waals surface area (Å²) in [6.45, 7) is 2.71. The zero-order valence-electron chi connectivity index (χ0n) is 22.2. The lowest BCUT2D eigenvalue weighted by Gasteiger charge is -2.19. The molecule has 37 heavy (non-hydrogen) atoms. The highest BCUT2D eigenvalue weighted by molar-refractivity contribution is 7.16. The highest BCUT2D eigenvalue weighted by atomic mass is 32.1. The largest absolute Gasteiger partial charge is 0.497 e. The Kier molecular flexibility index (Phi) is 8.33. The number of thiophene rings is 1. The second-order valence-electron chi connectivity index (χ2n) is 8.92. The number of benzene rings is 2. The first kappa shape index (κ1) is 26.5. The predicted molar refractivity (Wildman–Crippen MR) is 146 cm³/mol. The van der Waals surface area contributed by atoms with Gasteiger partial charge in [0.2, 0.25) is 5.75 Å². The second-order valence-corrected chi connectivity index (χ2v) is 10.0. The van der Waals surface area contributed by atoms with E-state index in [0.717, 1.165) is 35.4 Å². The number of methoxy groups -OCH3 is 5. The third-order valence-corrected chi connectivity index (χ3v) is 7.83. The van der Waals surface area contributed by atoms with Crippen LogP contribution in [0.15, 0.2) is 30.3 Å². The van der Waals surface area contributed by atoms with Crippen LogP contribution in [0.1, 0.15) is 39.7 Å². The Morgan fingerprint density at radius 2 is 1.70 bits per heavy atom. The van der Waals surface area contributed by atoms with Crippen molar-refractivity contribution in [1.82, 2.24) is 0 Å². The van der Waals surface area contributed by atoms with Gasteiger partial charge in [-0.25, -0.2) is 0 Å². The number of ether oxygens (including phenoxy) is 5. The first-order valence-corrected chi connectivity index (χ1v) is 12.9. The average Bonchev–Trinajstić information content (AvgIpc) is 3.28. The van der Waals surface area contributed by atoms with Gasteiger partial charge in [0, 0.05) is 23.1 Å². The number of hydrogen-bond donors (Lipinski definition) is 2. The number of fused-ring (bicyclic) bond motifs is 1. The molecule has 9 heteroatoms. The Labute approximate surface area is 221 Å². The zero-order valence-corrected chi connectivity index (χ0v) is 23.0. The van der Waals surface area contributed by atoms with Crippen LogP contribution in [0, 0.1) is 5.92 Å². The van der Waals surface area contributed by atoms with Crippen LogP contribution in [0.25, 0.3) is 0 Å². The maximum Gasteiger partial charge on any atom is 0.259 e. The molecule has 198 valence electrons. The van der Waals surface area contributed by atoms with Crippen molar-refractivity contribution in [2.24, 2.45) is 5.92 Å². The molecule has 0 bridgehead atoms. The summed E-state index contributed by atoms with van der Waals surface area (Å²) in [7, 11) is 7.95. The summed E-state index contributed by atoms with van der Waals surface area (Å²) < 4.78 is 27.4. The molecule has 1 aromatic heterocycles. The lowest BCUT2D eigenvalue weighted by molar-refractivity contribution is 0.102. The normalized spacial score (nSPS) is 14.4. The van der Waals surface area contributed by atoms with Gasteiger partial charge in [-0.05, 0) is 55.0 Å². The molecular weight excluding hydrogens is 492 g/mol. The first-order valence-electron chi connectivity index (χ1n) is 12.1. The molecule has 0 unspecified atom stereocenters. The smallest absolute Gasteiger partial charge is 0.259 e. The summed E-state index contributed by atoms with van der Waals surface area (Å²) in [6.07, 6.45) is 2.89. The van der Waals surface area contributed by atoms with Gasteiger partial charge in [-0.15, -0.1) is 11.3 Å². The highest BCUT2D eigenvalue weighted by Gasteiger charge is 2.28. The predicted octanol–water partition coefficient (Wildman–Crippen LogP) is 5.78. The summed E-state index contributed by atoms with van der Waals surface area (Å²) in [5, 5.41) is 7.40. The van der Waals surface area contributed by atoms with E-state index in [2.05, 4.69) is 17.6 Å². The molecule has 0 saturated heterocycles. The minimum Gasteiger partial charge on any atom is -0.497 e. The molecule has 3 aromatic rings. The number of anilines is 2. The Morgan fingerprint density at radius 3 is 2.38 bits per heavy atom. The van der Waals surface area contributed by atoms with Crippen molar-refractivity contribution in [3.8, 4) is 28.7 Å². The maximum absolute atomic E-state index is 13.7. The van der Waals surface area contributed by atoms with Crippen molar-refractivity contribution in [1.29, 1.82) is 0 Å². The van der Waals surface area contributed by atoms with Crippen LogP contribution in [0.4, 0.5) is 10.7 Å². The van der Waals surface area contributed by atoms with Gasteiger partial charge in [0.15, 0.2) is 11.5 Å². The van der Waals surface area contributed by atoms with Crippen molar-refractivity contribution in [3.63, 3.8) is 0 Å². The summed E-state index contributed by atoms with van der Waals surface area (Å²) in [6, 6.07) is 9.13. The van der Waals surface area contributed by atoms with Crippen LogP contribution in [-0.4, -0.2) is 41.5 Å². The van der Waals surface area contributed by atoms with Crippen LogP contribution in [0.5, 0.6) is 28.7 Å². The topological polar surface area (TPSA) is 87.3 Å². The van der Waals surface area contributed by atoms with Crippen molar-refractivity contribution < 1.29 is 28.5 Å². The van der Waals surface area contributed by atoms with Gasteiger partial charge in [-0.1, -0.05) is 6.92 Å². The van der Waals surface area contributed by atoms with E-state index in [9.17, 15) is 4.79 Å². The monoisotopic (exact) mass is 526 g/mol. The molecule has 8 nitrogen and oxygen atoms in total. The molecule has 0 saturated carbocycles. The van der Waals surface area contributed by atoms with Crippen LogP contribution in [0.2, 0.25) is 0 Å². The molecule has 1 amide bonds. The van der Waals surface area contributed by atoms with Crippen molar-refractivity contribution in [2.75, 3.05) is 46.2 Å². The number of hydrogen-bond acceptors (Lipinski definition) is 8. The lowest BCUT2D eigenvalue weighted by atomic mass is 9.88. The van der Waals surface area contributed by atoms with Gasteiger partial charge < -0.3 is 34.3 Å². The SMILES string of the molecule is COc1ccc(NC(=O)c2c(NCc3ccc(OC)c(OC)c3OC)sc3c2CC[C@H](C)C3)c(OC)c1. The van der Waals surface area contributed by atoms with E-state index in [1.807, 2.05) is 12.1 Å². The van der Waals surface area contributed by atoms with E-state index in [0.29, 0.717) is 52.5 Å². The van der Waals surface area contributed by atoms with E-state index >= 15 is 0 Å². The fourth-order valence-corrected chi connectivity index (χ4v) is 6.08. The number of rotatable bonds is 10. The molecule has 0 fully saturated rings. The van der Waals surface area contributed by atoms with Gasteiger partial charge in [0.1, 0.15) is 16.5 Å². The Bertz CT molecular complexity index is 1270. The molecule has 2 aromatic carbocycles. The molecule has 0 aliphatic heterocycles. The average molecular weight is 527 g/mol. The Balaban J connectivity index is 1.66. The minimum absolute atomic E-state index is 0.169. The Morgan fingerprint density at radius 1 is 0.946 bits per heavy atom. The third-order valence-electron chi connectivity index (χ3n) is 6.62. The van der Waals surface area contributed by atoms with E-state index in [4.69, 9.17) is 23.7 Å². The summed E-state index contributed by atoms with van der Waals surface area (Å²) in [5.74, 6) is 3.33. The van der Waals surface area contributed by atoms with Gasteiger partial charge in [-0.3, -0.25) is 4.79 Å². The van der Waals surface area contributed by atoms with Gasteiger partial charge in [-0.2, -0.15) is 0 Å². The summed E-state index contributed by atoms with van der Waals surface area (Å²) in [5.41, 5.74) is 3.28. The zero-order chi connectivity index (χ0) is 26.5. The van der Waals surface area contributed by atoms with E-state index in [-0.39, 0.29) is 5.91 Å². The molecule has 1 aliphatic carbocycles. The van der Waals surface area contributed by atoms with Crippen LogP contribution in [0.3, 0.4) is 0 Å². The summed E-state index contributed by atoms with van der Waals surface area (Å²) >= 11 is 1.65. The van der Waals surface area contributed by atoms with Gasteiger partial charge in [0.05, 0.1) is 46.8 Å². The highest BCUT2D eigenvalue weighted by Crippen LogP contribution is 2.43. The van der Waals surface area contributed by atoms with Crippen LogP contribution >= 0.6 is 11.3 Å². The molecule has 0 radical (unpaired) electrons. The molecular formula is C28H34N2O6S. The first-order chi connectivity index (χ1) is 17.9. The molecule has 4 rings (SSSR count). The van der Waals surface area contributed by atoms with Crippen molar-refractivity contribution in [2.45, 2.75) is 32.7 Å². The number of carbonyl (C=O) groups is 1. The fraction of sp³-hybridized carbons (Fsp3) is 0.393. The van der Waals surface area contributed by atoms with Gasteiger partial charge in [0.25, 0.3) is 5.91 Å². The molecule has 1 heterocycles. The van der Waals surface area contributed by atoms with Crippen molar-refractivity contribution >= 4 is 27.9 Å². The molecule has 1 atom stereocenters. The van der Waals surface area contributed by atoms with Gasteiger partial charge >= 0.3 is 0 Å². The standard InChI is InChI=1S/C28H34N2O6S/c1-16-7-10-19-23(13-16)37-28(29-15-17-8-12-21(33-3)26(36-6)25(17)35-5)24(19)27(31)30-20-11-9-18(32-2)14-22(20)34-4/h8-9,11-12,14,16,29H,7,10,13,15H2,1-6H3,(H,30,31)/t16-/m0/s1. The van der Waals surface area contributed by atoms with Crippen molar-refractivity contribution in [3.05, 3.63) is 51.9 Å². The third kappa shape index (κ3) is 5.41. The molecule has 1 aliphatic rings. The molecule has 0 spiro atoms. The lowest BCUT2D eigenvalue weighted by Crippen LogP contribution is -2.18. The Hall–Kier alpha value is -3.59. The van der Waals surface area contributed by atoms with E-state index in [1.165, 1.54) is 4.88 Å². The fourth-order valence-electron chi connectivity index (χ4n) is 4.68. The number of carbonyl (C=O) groups excluding carboxylic acids is 1. The number of amides is 1. The molecule has 2 N–H and O–H groups in total. The minimum atomic E-state index is -0.169. The quantitative estimate of drug-likeness (QED) is 0.346. The second kappa shape index (κ2) is 11.6. The maximum atomic E-state index is 13.7.